The Morgan fingerprint density at radius 3 is 2.29 bits per heavy atom. The number of rotatable bonds is 8. The molecule has 0 saturated carbocycles. The Hall–Kier alpha value is -4.45. The van der Waals surface area contributed by atoms with Gasteiger partial charge in [-0.05, 0) is 34.5 Å². The van der Waals surface area contributed by atoms with Crippen molar-refractivity contribution in [1.29, 1.82) is 0 Å². The second kappa shape index (κ2) is 10.9. The minimum absolute atomic E-state index is 0.0343. The molecule has 0 unspecified atom stereocenters. The number of hydrazone groups is 1. The molecule has 4 aromatic rings. The average molecular weight is 452 g/mol. The number of amides is 2. The van der Waals surface area contributed by atoms with Gasteiger partial charge in [0.05, 0.1) is 25.8 Å². The Morgan fingerprint density at radius 1 is 0.882 bits per heavy atom. The zero-order chi connectivity index (χ0) is 23.8. The number of hydrogen-bond acceptors (Lipinski definition) is 4. The van der Waals surface area contributed by atoms with E-state index in [1.165, 1.54) is 0 Å². The third-order valence-corrected chi connectivity index (χ3v) is 5.47. The van der Waals surface area contributed by atoms with Crippen molar-refractivity contribution in [3.8, 4) is 5.75 Å². The first-order valence-corrected chi connectivity index (χ1v) is 10.9. The quantitative estimate of drug-likeness (QED) is 0.297. The Morgan fingerprint density at radius 2 is 1.56 bits per heavy atom. The topological polar surface area (TPSA) is 79.8 Å². The highest BCUT2D eigenvalue weighted by Gasteiger charge is 2.19. The molecule has 2 amide bonds. The van der Waals surface area contributed by atoms with Crippen molar-refractivity contribution < 1.29 is 14.3 Å². The summed E-state index contributed by atoms with van der Waals surface area (Å²) in [5.74, 6) is 0.0953. The summed E-state index contributed by atoms with van der Waals surface area (Å²) >= 11 is 0. The average Bonchev–Trinajstić information content (AvgIpc) is 2.89. The number of fused-ring (bicyclic) bond motifs is 1. The number of ether oxygens (including phenoxy) is 1. The van der Waals surface area contributed by atoms with Gasteiger partial charge in [0, 0.05) is 11.1 Å². The molecule has 34 heavy (non-hydrogen) atoms. The molecule has 0 saturated heterocycles. The van der Waals surface area contributed by atoms with Crippen LogP contribution in [0.1, 0.15) is 33.9 Å². The number of methoxy groups -OCH3 is 1. The van der Waals surface area contributed by atoms with E-state index in [0.717, 1.165) is 21.9 Å². The molecule has 0 aliphatic heterocycles. The molecule has 0 spiro atoms. The van der Waals surface area contributed by atoms with Crippen LogP contribution in [0.4, 0.5) is 0 Å². The first kappa shape index (κ1) is 22.7. The third-order valence-electron chi connectivity index (χ3n) is 5.47. The van der Waals surface area contributed by atoms with E-state index in [2.05, 4.69) is 15.8 Å². The zero-order valence-electron chi connectivity index (χ0n) is 18.8. The van der Waals surface area contributed by atoms with Crippen LogP contribution in [-0.2, 0) is 4.79 Å². The first-order valence-electron chi connectivity index (χ1n) is 10.9. The van der Waals surface area contributed by atoms with Crippen molar-refractivity contribution >= 4 is 28.8 Å². The molecule has 4 rings (SSSR count). The van der Waals surface area contributed by atoms with E-state index in [0.29, 0.717) is 11.3 Å². The Kier molecular flexibility index (Phi) is 7.30. The van der Waals surface area contributed by atoms with Crippen molar-refractivity contribution in [1.82, 2.24) is 10.7 Å². The molecule has 4 aromatic carbocycles. The van der Waals surface area contributed by atoms with E-state index in [-0.39, 0.29) is 18.2 Å². The van der Waals surface area contributed by atoms with Crippen LogP contribution in [0.5, 0.6) is 5.75 Å². The van der Waals surface area contributed by atoms with Gasteiger partial charge in [-0.15, -0.1) is 0 Å². The molecular formula is C28H25N3O3. The molecule has 6 heteroatoms. The van der Waals surface area contributed by atoms with Crippen LogP contribution in [0.2, 0.25) is 0 Å². The van der Waals surface area contributed by atoms with Crippen molar-refractivity contribution in [2.75, 3.05) is 7.11 Å². The summed E-state index contributed by atoms with van der Waals surface area (Å²) < 4.78 is 5.47. The molecule has 0 heterocycles. The van der Waals surface area contributed by atoms with Gasteiger partial charge >= 0.3 is 0 Å². The minimum atomic E-state index is -0.504. The molecule has 6 nitrogen and oxygen atoms in total. The summed E-state index contributed by atoms with van der Waals surface area (Å²) in [6.45, 7) is 0. The summed E-state index contributed by atoms with van der Waals surface area (Å²) in [5.41, 5.74) is 4.73. The second-order valence-corrected chi connectivity index (χ2v) is 7.70. The maximum atomic E-state index is 12.7. The fourth-order valence-corrected chi connectivity index (χ4v) is 3.76. The highest BCUT2D eigenvalue weighted by atomic mass is 16.5. The van der Waals surface area contributed by atoms with E-state index in [1.807, 2.05) is 72.8 Å². The van der Waals surface area contributed by atoms with Crippen molar-refractivity contribution in [3.05, 3.63) is 114 Å². The smallest absolute Gasteiger partial charge is 0.251 e. The predicted octanol–water partition coefficient (Wildman–Crippen LogP) is 4.86. The van der Waals surface area contributed by atoms with E-state index < -0.39 is 6.04 Å². The summed E-state index contributed by atoms with van der Waals surface area (Å²) in [7, 11) is 1.60. The van der Waals surface area contributed by atoms with Crippen LogP contribution in [0.25, 0.3) is 10.8 Å². The summed E-state index contributed by atoms with van der Waals surface area (Å²) in [6.07, 6.45) is 1.62. The number of carbonyl (C=O) groups excluding carboxylic acids is 2. The van der Waals surface area contributed by atoms with Gasteiger partial charge in [0.1, 0.15) is 5.75 Å². The van der Waals surface area contributed by atoms with Crippen LogP contribution in [-0.4, -0.2) is 25.1 Å². The van der Waals surface area contributed by atoms with Crippen LogP contribution in [0, 0.1) is 0 Å². The third kappa shape index (κ3) is 5.48. The predicted molar refractivity (Wildman–Crippen MR) is 134 cm³/mol. The Labute approximate surface area is 198 Å². The monoisotopic (exact) mass is 451 g/mol. The van der Waals surface area contributed by atoms with Crippen LogP contribution in [0.15, 0.2) is 102 Å². The van der Waals surface area contributed by atoms with Gasteiger partial charge < -0.3 is 10.1 Å². The number of nitrogens with one attached hydrogen (secondary N) is 2. The van der Waals surface area contributed by atoms with Gasteiger partial charge in [0.15, 0.2) is 0 Å². The van der Waals surface area contributed by atoms with Gasteiger partial charge in [-0.1, -0.05) is 78.9 Å². The van der Waals surface area contributed by atoms with E-state index in [9.17, 15) is 9.59 Å². The standard InChI is InChI=1S/C28H25N3O3/c1-34-26-17-16-20-10-8-9-15-23(20)24(26)19-29-31-27(32)18-25(21-11-4-2-5-12-21)30-28(33)22-13-6-3-7-14-22/h2-17,19,25H,18H2,1H3,(H,30,33)(H,31,32)/b29-19-/t25-/m0/s1. The second-order valence-electron chi connectivity index (χ2n) is 7.70. The SMILES string of the molecule is COc1ccc2ccccc2c1/C=N\NC(=O)C[C@H](NC(=O)c1ccccc1)c1ccccc1. The lowest BCUT2D eigenvalue weighted by atomic mass is 10.0. The van der Waals surface area contributed by atoms with Gasteiger partial charge in [0.2, 0.25) is 5.91 Å². The van der Waals surface area contributed by atoms with Gasteiger partial charge in [-0.25, -0.2) is 5.43 Å². The minimum Gasteiger partial charge on any atom is -0.496 e. The van der Waals surface area contributed by atoms with E-state index in [4.69, 9.17) is 4.74 Å². The number of carbonyl (C=O) groups is 2. The summed E-state index contributed by atoms with van der Waals surface area (Å²) in [4.78, 5) is 25.5. The molecule has 170 valence electrons. The number of hydrogen-bond donors (Lipinski definition) is 2. The molecule has 0 aliphatic rings. The van der Waals surface area contributed by atoms with E-state index in [1.54, 1.807) is 37.6 Å². The lowest BCUT2D eigenvalue weighted by molar-refractivity contribution is -0.121. The molecule has 1 atom stereocenters. The highest BCUT2D eigenvalue weighted by molar-refractivity contribution is 6.02. The van der Waals surface area contributed by atoms with E-state index >= 15 is 0 Å². The molecule has 0 radical (unpaired) electrons. The highest BCUT2D eigenvalue weighted by Crippen LogP contribution is 2.26. The Balaban J connectivity index is 1.49. The fraction of sp³-hybridized carbons (Fsp3) is 0.107. The molecule has 0 bridgehead atoms. The summed E-state index contributed by atoms with van der Waals surface area (Å²) in [5, 5.41) is 9.14. The molecule has 0 aromatic heterocycles. The zero-order valence-corrected chi connectivity index (χ0v) is 18.8. The van der Waals surface area contributed by atoms with Crippen LogP contribution >= 0.6 is 0 Å². The van der Waals surface area contributed by atoms with Gasteiger partial charge in [0.25, 0.3) is 5.91 Å². The van der Waals surface area contributed by atoms with Crippen molar-refractivity contribution in [3.63, 3.8) is 0 Å². The molecule has 0 fully saturated rings. The van der Waals surface area contributed by atoms with Crippen LogP contribution in [0.3, 0.4) is 0 Å². The number of benzene rings is 4. The van der Waals surface area contributed by atoms with Crippen molar-refractivity contribution in [2.45, 2.75) is 12.5 Å². The maximum absolute atomic E-state index is 12.7. The normalized spacial score (nSPS) is 11.8. The molecule has 0 aliphatic carbocycles. The first-order chi connectivity index (χ1) is 16.7. The summed E-state index contributed by atoms with van der Waals surface area (Å²) in [6, 6.07) is 29.6. The molecular weight excluding hydrogens is 426 g/mol. The van der Waals surface area contributed by atoms with Gasteiger partial charge in [-0.2, -0.15) is 5.10 Å². The van der Waals surface area contributed by atoms with Crippen LogP contribution < -0.4 is 15.5 Å². The van der Waals surface area contributed by atoms with Crippen molar-refractivity contribution in [2.24, 2.45) is 5.10 Å². The lowest BCUT2D eigenvalue weighted by Gasteiger charge is -2.18. The molecule has 2 N–H and O–H groups in total. The maximum Gasteiger partial charge on any atom is 0.251 e. The lowest BCUT2D eigenvalue weighted by Crippen LogP contribution is -2.32. The Bertz CT molecular complexity index is 1300. The fourth-order valence-electron chi connectivity index (χ4n) is 3.76. The number of nitrogens with zero attached hydrogens (tertiary/aromatic N) is 1. The largest absolute Gasteiger partial charge is 0.496 e. The van der Waals surface area contributed by atoms with Gasteiger partial charge in [-0.3, -0.25) is 9.59 Å².